The Balaban J connectivity index is 1.45. The molecule has 1 saturated heterocycles. The van der Waals surface area contributed by atoms with Gasteiger partial charge in [-0.3, -0.25) is 4.79 Å². The summed E-state index contributed by atoms with van der Waals surface area (Å²) in [5.41, 5.74) is 3.00. The number of nitrogens with zero attached hydrogens (tertiary/aromatic N) is 1. The summed E-state index contributed by atoms with van der Waals surface area (Å²) < 4.78 is 15.3. The van der Waals surface area contributed by atoms with Crippen LogP contribution in [0.15, 0.2) is 54.2 Å². The van der Waals surface area contributed by atoms with Crippen molar-refractivity contribution in [3.63, 3.8) is 0 Å². The molecule has 0 bridgehead atoms. The third kappa shape index (κ3) is 4.44. The summed E-state index contributed by atoms with van der Waals surface area (Å²) in [6.45, 7) is 4.10. The molecule has 2 aromatic rings. The van der Waals surface area contributed by atoms with Crippen LogP contribution in [0.4, 0.5) is 5.69 Å². The molecule has 0 spiro atoms. The van der Waals surface area contributed by atoms with Crippen LogP contribution in [0.3, 0.4) is 0 Å². The molecule has 0 unspecified atom stereocenters. The molecule has 0 saturated carbocycles. The van der Waals surface area contributed by atoms with E-state index in [1.54, 1.807) is 19.2 Å². The lowest BCUT2D eigenvalue weighted by Crippen LogP contribution is -2.42. The zero-order chi connectivity index (χ0) is 22.9. The highest BCUT2D eigenvalue weighted by Gasteiger charge is 2.39. The summed E-state index contributed by atoms with van der Waals surface area (Å²) >= 11 is 0. The van der Waals surface area contributed by atoms with Crippen LogP contribution >= 0.6 is 0 Å². The smallest absolute Gasteiger partial charge is 0.350 e. The van der Waals surface area contributed by atoms with Crippen molar-refractivity contribution in [1.82, 2.24) is 4.90 Å². The van der Waals surface area contributed by atoms with Gasteiger partial charge in [-0.1, -0.05) is 12.1 Å². The Morgan fingerprint density at radius 3 is 2.41 bits per heavy atom. The minimum absolute atomic E-state index is 0.0337. The molecule has 2 aliphatic rings. The number of carbonyl (C=O) groups is 3. The monoisotopic (exact) mass is 436 g/mol. The van der Waals surface area contributed by atoms with Crippen LogP contribution in [0.25, 0.3) is 0 Å². The largest absolute Gasteiger partial charge is 0.497 e. The second-order valence-corrected chi connectivity index (χ2v) is 8.08. The summed E-state index contributed by atoms with van der Waals surface area (Å²) in [6.07, 6.45) is 1.96. The van der Waals surface area contributed by atoms with Crippen molar-refractivity contribution in [3.8, 4) is 5.75 Å². The van der Waals surface area contributed by atoms with Crippen LogP contribution in [-0.2, 0) is 32.0 Å². The number of fused-ring (bicyclic) bond motifs is 1. The second-order valence-electron chi connectivity index (χ2n) is 8.08. The summed E-state index contributed by atoms with van der Waals surface area (Å²) in [7, 11) is 1.62. The van der Waals surface area contributed by atoms with Crippen LogP contribution in [0.5, 0.6) is 5.75 Å². The summed E-state index contributed by atoms with van der Waals surface area (Å²) in [6, 6.07) is 13.0. The first-order valence-corrected chi connectivity index (χ1v) is 10.2. The maximum atomic E-state index is 13.0. The van der Waals surface area contributed by atoms with Crippen LogP contribution in [0.1, 0.15) is 35.3 Å². The fourth-order valence-corrected chi connectivity index (χ4v) is 3.66. The van der Waals surface area contributed by atoms with Gasteiger partial charge in [-0.15, -0.1) is 0 Å². The lowest BCUT2D eigenvalue weighted by atomic mass is 9.97. The Morgan fingerprint density at radius 2 is 1.75 bits per heavy atom. The van der Waals surface area contributed by atoms with Gasteiger partial charge in [0.1, 0.15) is 5.75 Å². The molecule has 2 aromatic carbocycles. The Hall–Kier alpha value is -3.81. The Labute approximate surface area is 185 Å². The fourth-order valence-electron chi connectivity index (χ4n) is 3.66. The van der Waals surface area contributed by atoms with E-state index in [9.17, 15) is 14.4 Å². The lowest BCUT2D eigenvalue weighted by Gasteiger charge is -2.30. The molecular formula is C24H24N2O6. The lowest BCUT2D eigenvalue weighted by molar-refractivity contribution is -0.222. The van der Waals surface area contributed by atoms with Gasteiger partial charge in [-0.2, -0.15) is 0 Å². The van der Waals surface area contributed by atoms with Gasteiger partial charge in [-0.05, 0) is 47.9 Å². The Morgan fingerprint density at radius 1 is 1.06 bits per heavy atom. The predicted octanol–water partition coefficient (Wildman–Crippen LogP) is 3.03. The molecule has 1 N–H and O–H groups in total. The van der Waals surface area contributed by atoms with Crippen molar-refractivity contribution in [2.75, 3.05) is 19.0 Å². The number of hydrogen-bond acceptors (Lipinski definition) is 7. The molecule has 4 rings (SSSR count). The zero-order valence-corrected chi connectivity index (χ0v) is 18.1. The van der Waals surface area contributed by atoms with Gasteiger partial charge in [0.15, 0.2) is 5.57 Å². The maximum absolute atomic E-state index is 13.0. The maximum Gasteiger partial charge on any atom is 0.350 e. The standard InChI is InChI=1S/C24H24N2O6/c1-24(2)31-22(28)20(23(29)32-24)13-25-17-6-9-19-16(12-17)10-11-26(21(19)27)14-15-4-7-18(30-3)8-5-15/h4-9,12-13,25H,10-11,14H2,1-3H3. The van der Waals surface area contributed by atoms with E-state index in [0.717, 1.165) is 16.9 Å². The summed E-state index contributed by atoms with van der Waals surface area (Å²) in [5.74, 6) is -2.04. The first-order chi connectivity index (χ1) is 15.3. The highest BCUT2D eigenvalue weighted by molar-refractivity contribution is 6.15. The number of nitrogens with one attached hydrogen (secondary N) is 1. The molecule has 0 aliphatic carbocycles. The number of cyclic esters (lactones) is 2. The predicted molar refractivity (Wildman–Crippen MR) is 116 cm³/mol. The van der Waals surface area contributed by atoms with Gasteiger partial charge >= 0.3 is 11.9 Å². The topological polar surface area (TPSA) is 94.2 Å². The minimum Gasteiger partial charge on any atom is -0.497 e. The molecule has 8 nitrogen and oxygen atoms in total. The van der Waals surface area contributed by atoms with Crippen molar-refractivity contribution < 1.29 is 28.6 Å². The van der Waals surface area contributed by atoms with Gasteiger partial charge in [0.25, 0.3) is 11.7 Å². The summed E-state index contributed by atoms with van der Waals surface area (Å²) in [5, 5.41) is 2.93. The molecule has 1 fully saturated rings. The molecule has 2 heterocycles. The molecule has 32 heavy (non-hydrogen) atoms. The number of anilines is 1. The number of benzene rings is 2. The summed E-state index contributed by atoms with van der Waals surface area (Å²) in [4.78, 5) is 38.9. The van der Waals surface area contributed by atoms with Crippen LogP contribution in [-0.4, -0.2) is 42.2 Å². The SMILES string of the molecule is COc1ccc(CN2CCc3cc(NC=C4C(=O)OC(C)(C)OC4=O)ccc3C2=O)cc1. The first-order valence-electron chi connectivity index (χ1n) is 10.2. The van der Waals surface area contributed by atoms with Crippen LogP contribution < -0.4 is 10.1 Å². The van der Waals surface area contributed by atoms with E-state index in [-0.39, 0.29) is 11.5 Å². The third-order valence-electron chi connectivity index (χ3n) is 5.31. The highest BCUT2D eigenvalue weighted by atomic mass is 16.7. The highest BCUT2D eigenvalue weighted by Crippen LogP contribution is 2.26. The number of ether oxygens (including phenoxy) is 3. The van der Waals surface area contributed by atoms with Crippen molar-refractivity contribution in [2.24, 2.45) is 0 Å². The average molecular weight is 436 g/mol. The fraction of sp³-hybridized carbons (Fsp3) is 0.292. The van der Waals surface area contributed by atoms with Gasteiger partial charge in [0.2, 0.25) is 0 Å². The number of hydrogen-bond donors (Lipinski definition) is 1. The van der Waals surface area contributed by atoms with Crippen LogP contribution in [0.2, 0.25) is 0 Å². The number of rotatable bonds is 5. The van der Waals surface area contributed by atoms with E-state index in [0.29, 0.717) is 30.8 Å². The molecule has 2 aliphatic heterocycles. The molecule has 0 atom stereocenters. The van der Waals surface area contributed by atoms with E-state index in [4.69, 9.17) is 14.2 Å². The van der Waals surface area contributed by atoms with E-state index in [1.165, 1.54) is 20.0 Å². The van der Waals surface area contributed by atoms with E-state index in [2.05, 4.69) is 5.32 Å². The second kappa shape index (κ2) is 8.37. The van der Waals surface area contributed by atoms with Crippen molar-refractivity contribution in [2.45, 2.75) is 32.6 Å². The van der Waals surface area contributed by atoms with Crippen LogP contribution in [0, 0.1) is 0 Å². The Kier molecular flexibility index (Phi) is 5.61. The molecule has 8 heteroatoms. The Bertz CT molecular complexity index is 1080. The molecular weight excluding hydrogens is 412 g/mol. The molecule has 0 radical (unpaired) electrons. The third-order valence-corrected chi connectivity index (χ3v) is 5.31. The average Bonchev–Trinajstić information content (AvgIpc) is 2.75. The zero-order valence-electron chi connectivity index (χ0n) is 18.1. The minimum atomic E-state index is -1.28. The van der Waals surface area contributed by atoms with Crippen molar-refractivity contribution in [1.29, 1.82) is 0 Å². The molecule has 166 valence electrons. The molecule has 1 amide bonds. The van der Waals surface area contributed by atoms with Gasteiger partial charge < -0.3 is 24.4 Å². The van der Waals surface area contributed by atoms with Gasteiger partial charge in [-0.25, -0.2) is 9.59 Å². The number of methoxy groups -OCH3 is 1. The van der Waals surface area contributed by atoms with Gasteiger partial charge in [0.05, 0.1) is 7.11 Å². The number of esters is 2. The number of amides is 1. The molecule has 0 aromatic heterocycles. The first kappa shape index (κ1) is 21.4. The number of carbonyl (C=O) groups excluding carboxylic acids is 3. The van der Waals surface area contributed by atoms with E-state index < -0.39 is 17.7 Å². The van der Waals surface area contributed by atoms with Crippen molar-refractivity contribution in [3.05, 3.63) is 70.9 Å². The normalized spacial score (nSPS) is 17.3. The van der Waals surface area contributed by atoms with E-state index >= 15 is 0 Å². The van der Waals surface area contributed by atoms with Crippen molar-refractivity contribution >= 4 is 23.5 Å². The van der Waals surface area contributed by atoms with E-state index in [1.807, 2.05) is 35.2 Å². The van der Waals surface area contributed by atoms with Gasteiger partial charge in [0, 0.05) is 44.4 Å². The quantitative estimate of drug-likeness (QED) is 0.437.